The van der Waals surface area contributed by atoms with E-state index in [0.717, 1.165) is 4.90 Å². The fourth-order valence-electron chi connectivity index (χ4n) is 3.03. The van der Waals surface area contributed by atoms with Gasteiger partial charge < -0.3 is 10.1 Å². The second-order valence-electron chi connectivity index (χ2n) is 6.74. The van der Waals surface area contributed by atoms with Gasteiger partial charge in [-0.2, -0.15) is 4.98 Å². The number of aromatic nitrogens is 3. The Morgan fingerprint density at radius 2 is 1.75 bits per heavy atom. The molecule has 1 N–H and O–H groups in total. The lowest BCUT2D eigenvalue weighted by molar-refractivity contribution is -0.113. The molecule has 1 amide bonds. The average Bonchev–Trinajstić information content (AvgIpc) is 3.23. The Labute approximate surface area is 189 Å². The molecule has 0 bridgehead atoms. The fourth-order valence-corrected chi connectivity index (χ4v) is 3.75. The Morgan fingerprint density at radius 1 is 1.03 bits per heavy atom. The Balaban J connectivity index is 1.51. The SMILES string of the molecule is CCOc1nc(-c2ccccc2F)n(-c2ccc(NC(=O)CSc3ccccc3)cc2)n1. The molecule has 0 fully saturated rings. The molecule has 0 aliphatic heterocycles. The molecule has 0 unspecified atom stereocenters. The van der Waals surface area contributed by atoms with Crippen LogP contribution in [0.4, 0.5) is 10.1 Å². The maximum Gasteiger partial charge on any atom is 0.336 e. The van der Waals surface area contributed by atoms with E-state index in [2.05, 4.69) is 15.4 Å². The minimum atomic E-state index is -0.399. The maximum atomic E-state index is 14.4. The van der Waals surface area contributed by atoms with Crippen molar-refractivity contribution < 1.29 is 13.9 Å². The molecular weight excluding hydrogens is 427 g/mol. The third-order valence-corrected chi connectivity index (χ3v) is 5.50. The van der Waals surface area contributed by atoms with Crippen LogP contribution in [-0.4, -0.2) is 33.0 Å². The topological polar surface area (TPSA) is 69.0 Å². The highest BCUT2D eigenvalue weighted by Gasteiger charge is 2.17. The van der Waals surface area contributed by atoms with Gasteiger partial charge >= 0.3 is 6.01 Å². The van der Waals surface area contributed by atoms with Crippen LogP contribution in [0.1, 0.15) is 6.92 Å². The van der Waals surface area contributed by atoms with Gasteiger partial charge in [0.05, 0.1) is 23.6 Å². The highest BCUT2D eigenvalue weighted by molar-refractivity contribution is 8.00. The number of carbonyl (C=O) groups is 1. The summed E-state index contributed by atoms with van der Waals surface area (Å²) in [6.45, 7) is 2.23. The summed E-state index contributed by atoms with van der Waals surface area (Å²) < 4.78 is 21.4. The summed E-state index contributed by atoms with van der Waals surface area (Å²) >= 11 is 1.47. The number of carbonyl (C=O) groups excluding carboxylic acids is 1. The van der Waals surface area contributed by atoms with Crippen molar-refractivity contribution in [3.63, 3.8) is 0 Å². The Hall–Kier alpha value is -3.65. The van der Waals surface area contributed by atoms with E-state index >= 15 is 0 Å². The first-order chi connectivity index (χ1) is 15.6. The zero-order valence-corrected chi connectivity index (χ0v) is 18.2. The van der Waals surface area contributed by atoms with Crippen LogP contribution in [0.2, 0.25) is 0 Å². The van der Waals surface area contributed by atoms with Crippen molar-refractivity contribution in [1.82, 2.24) is 14.8 Å². The number of hydrogen-bond donors (Lipinski definition) is 1. The molecular formula is C24H21FN4O2S. The first kappa shape index (κ1) is 21.6. The number of hydrogen-bond acceptors (Lipinski definition) is 5. The number of benzene rings is 3. The predicted molar refractivity (Wildman–Crippen MR) is 124 cm³/mol. The van der Waals surface area contributed by atoms with Crippen LogP contribution < -0.4 is 10.1 Å². The Bertz CT molecular complexity index is 1200. The zero-order chi connectivity index (χ0) is 22.3. The van der Waals surface area contributed by atoms with E-state index < -0.39 is 5.82 Å². The molecule has 0 atom stereocenters. The van der Waals surface area contributed by atoms with Crippen molar-refractivity contribution in [2.75, 3.05) is 17.7 Å². The second kappa shape index (κ2) is 10.1. The number of halogens is 1. The molecule has 4 aromatic rings. The summed E-state index contributed by atoms with van der Waals surface area (Å²) in [6.07, 6.45) is 0. The lowest BCUT2D eigenvalue weighted by Crippen LogP contribution is -2.14. The van der Waals surface area contributed by atoms with Crippen LogP contribution in [0.25, 0.3) is 17.1 Å². The predicted octanol–water partition coefficient (Wildman–Crippen LogP) is 5.20. The first-order valence-electron chi connectivity index (χ1n) is 10.1. The average molecular weight is 449 g/mol. The Kier molecular flexibility index (Phi) is 6.81. The quantitative estimate of drug-likeness (QED) is 0.375. The van der Waals surface area contributed by atoms with Crippen LogP contribution >= 0.6 is 11.8 Å². The van der Waals surface area contributed by atoms with Crippen LogP contribution in [0.3, 0.4) is 0 Å². The van der Waals surface area contributed by atoms with Gasteiger partial charge in [-0.3, -0.25) is 4.79 Å². The van der Waals surface area contributed by atoms with Gasteiger partial charge in [0.1, 0.15) is 5.82 Å². The molecule has 4 rings (SSSR count). The van der Waals surface area contributed by atoms with Gasteiger partial charge in [-0.05, 0) is 55.5 Å². The van der Waals surface area contributed by atoms with E-state index in [9.17, 15) is 9.18 Å². The van der Waals surface area contributed by atoms with Gasteiger partial charge in [0.15, 0.2) is 5.82 Å². The standard InChI is InChI=1S/C24H21FN4O2S/c1-2-31-24-27-23(20-10-6-7-11-21(20)25)29(28-24)18-14-12-17(13-15-18)26-22(30)16-32-19-8-4-3-5-9-19/h3-15H,2,16H2,1H3,(H,26,30). The first-order valence-corrected chi connectivity index (χ1v) is 11.1. The molecule has 3 aromatic carbocycles. The molecule has 0 aliphatic carbocycles. The molecule has 0 aliphatic rings. The van der Waals surface area contributed by atoms with Crippen LogP contribution in [0.5, 0.6) is 6.01 Å². The molecule has 0 saturated heterocycles. The smallest absolute Gasteiger partial charge is 0.336 e. The van der Waals surface area contributed by atoms with Crippen molar-refractivity contribution in [1.29, 1.82) is 0 Å². The summed E-state index contributed by atoms with van der Waals surface area (Å²) in [5, 5.41) is 7.25. The molecule has 0 radical (unpaired) electrons. The molecule has 1 aromatic heterocycles. The number of anilines is 1. The van der Waals surface area contributed by atoms with Gasteiger partial charge in [-0.1, -0.05) is 30.3 Å². The highest BCUT2D eigenvalue weighted by Crippen LogP contribution is 2.26. The van der Waals surface area contributed by atoms with Crippen molar-refractivity contribution in [2.24, 2.45) is 0 Å². The van der Waals surface area contributed by atoms with Crippen molar-refractivity contribution in [3.8, 4) is 23.1 Å². The lowest BCUT2D eigenvalue weighted by Gasteiger charge is -2.09. The summed E-state index contributed by atoms with van der Waals surface area (Å²) in [6, 6.07) is 23.4. The summed E-state index contributed by atoms with van der Waals surface area (Å²) in [5.41, 5.74) is 1.64. The number of nitrogens with zero attached hydrogens (tertiary/aromatic N) is 3. The van der Waals surface area contributed by atoms with E-state index in [1.165, 1.54) is 22.5 Å². The number of nitrogens with one attached hydrogen (secondary N) is 1. The van der Waals surface area contributed by atoms with Crippen molar-refractivity contribution in [2.45, 2.75) is 11.8 Å². The van der Waals surface area contributed by atoms with Crippen LogP contribution in [0.15, 0.2) is 83.8 Å². The summed E-state index contributed by atoms with van der Waals surface area (Å²) in [7, 11) is 0. The highest BCUT2D eigenvalue weighted by atomic mass is 32.2. The molecule has 32 heavy (non-hydrogen) atoms. The molecule has 8 heteroatoms. The van der Waals surface area contributed by atoms with Gasteiger partial charge in [-0.25, -0.2) is 9.07 Å². The summed E-state index contributed by atoms with van der Waals surface area (Å²) in [4.78, 5) is 17.7. The van der Waals surface area contributed by atoms with E-state index in [1.54, 1.807) is 42.5 Å². The van der Waals surface area contributed by atoms with Crippen molar-refractivity contribution >= 4 is 23.4 Å². The van der Waals surface area contributed by atoms with E-state index in [-0.39, 0.29) is 11.9 Å². The lowest BCUT2D eigenvalue weighted by atomic mass is 10.2. The molecule has 0 spiro atoms. The van der Waals surface area contributed by atoms with E-state index in [4.69, 9.17) is 4.74 Å². The van der Waals surface area contributed by atoms with E-state index in [1.807, 2.05) is 37.3 Å². The Morgan fingerprint density at radius 3 is 2.47 bits per heavy atom. The molecule has 162 valence electrons. The second-order valence-corrected chi connectivity index (χ2v) is 7.79. The molecule has 1 heterocycles. The largest absolute Gasteiger partial charge is 0.463 e. The minimum Gasteiger partial charge on any atom is -0.463 e. The zero-order valence-electron chi connectivity index (χ0n) is 17.4. The van der Waals surface area contributed by atoms with Crippen LogP contribution in [0, 0.1) is 5.82 Å². The third-order valence-electron chi connectivity index (χ3n) is 4.48. The van der Waals surface area contributed by atoms with Crippen molar-refractivity contribution in [3.05, 3.63) is 84.7 Å². The number of ether oxygens (including phenoxy) is 1. The van der Waals surface area contributed by atoms with E-state index in [0.29, 0.717) is 35.1 Å². The monoisotopic (exact) mass is 448 g/mol. The number of thioether (sulfide) groups is 1. The molecule has 0 saturated carbocycles. The van der Waals surface area contributed by atoms with Gasteiger partial charge in [0, 0.05) is 10.6 Å². The van der Waals surface area contributed by atoms with Gasteiger partial charge in [0.25, 0.3) is 0 Å². The fraction of sp³-hybridized carbons (Fsp3) is 0.125. The molecule has 6 nitrogen and oxygen atoms in total. The van der Waals surface area contributed by atoms with Gasteiger partial charge in [0.2, 0.25) is 5.91 Å². The maximum absolute atomic E-state index is 14.4. The normalized spacial score (nSPS) is 10.7. The van der Waals surface area contributed by atoms with Gasteiger partial charge in [-0.15, -0.1) is 16.9 Å². The number of rotatable bonds is 8. The van der Waals surface area contributed by atoms with Crippen LogP contribution in [-0.2, 0) is 4.79 Å². The minimum absolute atomic E-state index is 0.0990. The number of amides is 1. The third kappa shape index (κ3) is 5.15. The summed E-state index contributed by atoms with van der Waals surface area (Å²) in [5.74, 6) is 0.147.